The number of hydrogen-bond acceptors (Lipinski definition) is 9. The summed E-state index contributed by atoms with van der Waals surface area (Å²) in [7, 11) is -7.27. The predicted molar refractivity (Wildman–Crippen MR) is 140 cm³/mol. The minimum Gasteiger partial charge on any atom is -0.381 e. The fourth-order valence-corrected chi connectivity index (χ4v) is 5.89. The van der Waals surface area contributed by atoms with E-state index in [1.54, 1.807) is 30.5 Å². The maximum absolute atomic E-state index is 12.5. The zero-order valence-corrected chi connectivity index (χ0v) is 21.5. The van der Waals surface area contributed by atoms with Gasteiger partial charge in [-0.05, 0) is 49.2 Å². The normalized spacial score (nSPS) is 15.4. The second-order valence-electron chi connectivity index (χ2n) is 7.92. The zero-order chi connectivity index (χ0) is 25.6. The Labute approximate surface area is 215 Å². The van der Waals surface area contributed by atoms with E-state index in [0.29, 0.717) is 54.1 Å². The third kappa shape index (κ3) is 6.83. The maximum atomic E-state index is 12.5. The molecule has 0 fully saturated rings. The first-order valence-corrected chi connectivity index (χ1v) is 14.5. The van der Waals surface area contributed by atoms with Crippen molar-refractivity contribution < 1.29 is 16.8 Å². The Balaban J connectivity index is 1.39. The summed E-state index contributed by atoms with van der Waals surface area (Å²) in [4.78, 5) is 9.12. The summed E-state index contributed by atoms with van der Waals surface area (Å²) in [5.74, 6) is 0.851. The van der Waals surface area contributed by atoms with Crippen LogP contribution in [-0.2, 0) is 20.0 Å². The predicted octanol–water partition coefficient (Wildman–Crippen LogP) is 2.75. The molecule has 4 rings (SSSR count). The second-order valence-corrected chi connectivity index (χ2v) is 11.9. The van der Waals surface area contributed by atoms with Crippen molar-refractivity contribution in [2.45, 2.75) is 22.6 Å². The van der Waals surface area contributed by atoms with E-state index < -0.39 is 20.0 Å². The van der Waals surface area contributed by atoms with E-state index in [9.17, 15) is 16.8 Å². The Morgan fingerprint density at radius 1 is 1.06 bits per heavy atom. The number of rotatable bonds is 7. The van der Waals surface area contributed by atoms with Crippen LogP contribution in [0.5, 0.6) is 0 Å². The number of sulfonamides is 2. The van der Waals surface area contributed by atoms with Crippen LogP contribution < -0.4 is 25.4 Å². The van der Waals surface area contributed by atoms with E-state index in [2.05, 4.69) is 35.4 Å². The van der Waals surface area contributed by atoms with Gasteiger partial charge >= 0.3 is 0 Å². The molecule has 1 aliphatic heterocycles. The highest BCUT2D eigenvalue weighted by Gasteiger charge is 2.16. The number of nitrogens with one attached hydrogen (secondary N) is 5. The zero-order valence-electron chi connectivity index (χ0n) is 19.2. The molecule has 0 saturated carbocycles. The number of halogens is 1. The fraction of sp³-hybridized carbons (Fsp3) is 0.273. The lowest BCUT2D eigenvalue weighted by atomic mass is 10.3. The van der Waals surface area contributed by atoms with Gasteiger partial charge in [-0.25, -0.2) is 31.3 Å². The summed E-state index contributed by atoms with van der Waals surface area (Å²) in [6.07, 6.45) is 2.66. The highest BCUT2D eigenvalue weighted by atomic mass is 35.5. The fourth-order valence-electron chi connectivity index (χ4n) is 3.40. The van der Waals surface area contributed by atoms with Crippen LogP contribution in [0.4, 0.5) is 23.1 Å². The number of benzene rings is 2. The van der Waals surface area contributed by atoms with Crippen molar-refractivity contribution in [3.8, 4) is 0 Å². The lowest BCUT2D eigenvalue weighted by Crippen LogP contribution is -2.26. The number of nitrogens with zero attached hydrogens (tertiary/aromatic N) is 2. The summed E-state index contributed by atoms with van der Waals surface area (Å²) in [5.41, 5.74) is 1.18. The third-order valence-electron chi connectivity index (χ3n) is 5.19. The molecular weight excluding hydrogens is 526 g/mol. The summed E-state index contributed by atoms with van der Waals surface area (Å²) < 4.78 is 54.9. The molecule has 11 nitrogen and oxygen atoms in total. The molecule has 5 N–H and O–H groups in total. The van der Waals surface area contributed by atoms with Gasteiger partial charge in [-0.3, -0.25) is 0 Å². The van der Waals surface area contributed by atoms with Crippen LogP contribution in [0.1, 0.15) is 12.8 Å². The maximum Gasteiger partial charge on any atom is 0.240 e. The lowest BCUT2D eigenvalue weighted by molar-refractivity contribution is 0.578. The Morgan fingerprint density at radius 3 is 2.72 bits per heavy atom. The highest BCUT2D eigenvalue weighted by Crippen LogP contribution is 2.23. The molecule has 4 bridgehead atoms. The second kappa shape index (κ2) is 11.4. The minimum atomic E-state index is -3.65. The van der Waals surface area contributed by atoms with Gasteiger partial charge in [-0.15, -0.1) is 0 Å². The van der Waals surface area contributed by atoms with Crippen LogP contribution in [0.25, 0.3) is 0 Å². The molecule has 36 heavy (non-hydrogen) atoms. The first-order valence-electron chi connectivity index (χ1n) is 11.2. The van der Waals surface area contributed by atoms with Crippen molar-refractivity contribution in [1.82, 2.24) is 19.4 Å². The molecule has 0 saturated heterocycles. The quantitative estimate of drug-likeness (QED) is 0.279. The van der Waals surface area contributed by atoms with Gasteiger partial charge in [-0.2, -0.15) is 4.98 Å². The summed E-state index contributed by atoms with van der Waals surface area (Å²) in [6, 6.07) is 12.5. The smallest absolute Gasteiger partial charge is 0.240 e. The Bertz CT molecular complexity index is 1440. The molecule has 1 aromatic heterocycles. The summed E-state index contributed by atoms with van der Waals surface area (Å²) in [6.45, 7) is 1.43. The van der Waals surface area contributed by atoms with Gasteiger partial charge in [0, 0.05) is 36.9 Å². The van der Waals surface area contributed by atoms with E-state index in [1.807, 2.05) is 0 Å². The number of hydrogen-bond donors (Lipinski definition) is 5. The van der Waals surface area contributed by atoms with Crippen LogP contribution in [0, 0.1) is 0 Å². The summed E-state index contributed by atoms with van der Waals surface area (Å²) in [5, 5.41) is 9.81. The van der Waals surface area contributed by atoms with Gasteiger partial charge in [-0.1, -0.05) is 23.7 Å². The highest BCUT2D eigenvalue weighted by molar-refractivity contribution is 7.89. The molecule has 0 spiro atoms. The average Bonchev–Trinajstić information content (AvgIpc) is 2.85. The first-order chi connectivity index (χ1) is 17.2. The third-order valence-corrected chi connectivity index (χ3v) is 8.35. The average molecular weight is 552 g/mol. The van der Waals surface area contributed by atoms with Crippen molar-refractivity contribution in [3.63, 3.8) is 0 Å². The van der Waals surface area contributed by atoms with E-state index >= 15 is 0 Å². The van der Waals surface area contributed by atoms with Crippen molar-refractivity contribution in [3.05, 3.63) is 59.8 Å². The van der Waals surface area contributed by atoms with Crippen molar-refractivity contribution >= 4 is 54.8 Å². The standard InChI is InChI=1S/C22H26ClN7O4S2/c23-16-5-1-7-18(13-16)35(31,32)27-11-3-9-24-20-15-26-22-29-17-6-2-8-19(14-17)36(33,34)28-12-4-10-25-21(20)30-22/h1-2,5-8,13-15,24,27-28H,3-4,9-12H2,(H2,25,26,29,30). The Kier molecular flexibility index (Phi) is 8.26. The minimum absolute atomic E-state index is 0.114. The van der Waals surface area contributed by atoms with Gasteiger partial charge in [0.25, 0.3) is 0 Å². The van der Waals surface area contributed by atoms with Crippen LogP contribution in [0.15, 0.2) is 64.5 Å². The van der Waals surface area contributed by atoms with E-state index in [1.165, 1.54) is 24.3 Å². The molecule has 3 aromatic rings. The molecule has 14 heteroatoms. The van der Waals surface area contributed by atoms with Gasteiger partial charge < -0.3 is 16.0 Å². The van der Waals surface area contributed by atoms with Crippen molar-refractivity contribution in [1.29, 1.82) is 0 Å². The van der Waals surface area contributed by atoms with Crippen LogP contribution >= 0.6 is 11.6 Å². The largest absolute Gasteiger partial charge is 0.381 e. The van der Waals surface area contributed by atoms with Crippen LogP contribution in [-0.4, -0.2) is 53.0 Å². The SMILES string of the molecule is O=S(=O)(NCCCNc1cnc2nc1NCCCNS(=O)(=O)c1cccc(c1)N2)c1cccc(Cl)c1. The number of anilines is 4. The molecule has 0 aliphatic carbocycles. The Hall–Kier alpha value is -2.97. The monoisotopic (exact) mass is 551 g/mol. The topological polar surface area (TPSA) is 154 Å². The number of aromatic nitrogens is 2. The van der Waals surface area contributed by atoms with Gasteiger partial charge in [0.05, 0.1) is 21.7 Å². The van der Waals surface area contributed by atoms with Gasteiger partial charge in [0.1, 0.15) is 0 Å². The summed E-state index contributed by atoms with van der Waals surface area (Å²) >= 11 is 5.89. The molecule has 2 heterocycles. The molecule has 0 atom stereocenters. The molecule has 1 aliphatic rings. The molecule has 0 unspecified atom stereocenters. The van der Waals surface area contributed by atoms with Crippen molar-refractivity contribution in [2.75, 3.05) is 42.1 Å². The van der Waals surface area contributed by atoms with E-state index in [0.717, 1.165) is 0 Å². The molecule has 0 amide bonds. The van der Waals surface area contributed by atoms with Gasteiger partial charge in [0.15, 0.2) is 5.82 Å². The van der Waals surface area contributed by atoms with Crippen LogP contribution in [0.3, 0.4) is 0 Å². The first kappa shape index (κ1) is 26.1. The molecular formula is C22H26ClN7O4S2. The molecule has 192 valence electrons. The molecule has 2 aromatic carbocycles. The van der Waals surface area contributed by atoms with Crippen LogP contribution in [0.2, 0.25) is 5.02 Å². The number of fused-ring (bicyclic) bond motifs is 4. The Morgan fingerprint density at radius 2 is 1.89 bits per heavy atom. The molecule has 0 radical (unpaired) electrons. The van der Waals surface area contributed by atoms with E-state index in [-0.39, 0.29) is 22.9 Å². The van der Waals surface area contributed by atoms with E-state index in [4.69, 9.17) is 11.6 Å². The van der Waals surface area contributed by atoms with Crippen molar-refractivity contribution in [2.24, 2.45) is 0 Å². The van der Waals surface area contributed by atoms with Gasteiger partial charge in [0.2, 0.25) is 26.0 Å². The lowest BCUT2D eigenvalue weighted by Gasteiger charge is -2.14.